The molecule has 3 heteroatoms. The third kappa shape index (κ3) is 2.22. The van der Waals surface area contributed by atoms with Crippen molar-refractivity contribution < 1.29 is 4.79 Å². The first-order valence-corrected chi connectivity index (χ1v) is 6.73. The predicted octanol–water partition coefficient (Wildman–Crippen LogP) is 2.27. The topological polar surface area (TPSA) is 46.3 Å². The highest BCUT2D eigenvalue weighted by Crippen LogP contribution is 2.54. The highest BCUT2D eigenvalue weighted by Gasteiger charge is 2.48. The Morgan fingerprint density at radius 3 is 2.72 bits per heavy atom. The molecule has 0 aromatic heterocycles. The second-order valence-corrected chi connectivity index (χ2v) is 5.86. The van der Waals surface area contributed by atoms with Crippen LogP contribution in [0.25, 0.3) is 0 Å². The van der Waals surface area contributed by atoms with E-state index in [1.165, 1.54) is 6.42 Å². The van der Waals surface area contributed by atoms with Crippen LogP contribution in [0.1, 0.15) is 24.8 Å². The number of nitrogen functional groups attached to an aromatic ring is 1. The summed E-state index contributed by atoms with van der Waals surface area (Å²) in [6.45, 7) is 0.662. The molecule has 96 valence electrons. The van der Waals surface area contributed by atoms with Crippen molar-refractivity contribution in [1.29, 1.82) is 0 Å². The van der Waals surface area contributed by atoms with E-state index in [2.05, 4.69) is 0 Å². The molecule has 2 fully saturated rings. The molecule has 2 unspecified atom stereocenters. The zero-order valence-corrected chi connectivity index (χ0v) is 10.8. The van der Waals surface area contributed by atoms with Gasteiger partial charge in [0.1, 0.15) is 0 Å². The molecule has 1 amide bonds. The number of benzene rings is 1. The second-order valence-electron chi connectivity index (χ2n) is 5.86. The summed E-state index contributed by atoms with van der Waals surface area (Å²) in [6.07, 6.45) is 3.60. The molecule has 0 heterocycles. The average molecular weight is 244 g/mol. The Morgan fingerprint density at radius 1 is 1.33 bits per heavy atom. The maximum absolute atomic E-state index is 12.3. The maximum Gasteiger partial charge on any atom is 0.225 e. The molecule has 0 aliphatic heterocycles. The van der Waals surface area contributed by atoms with Crippen LogP contribution >= 0.6 is 0 Å². The van der Waals surface area contributed by atoms with Crippen LogP contribution in [0.5, 0.6) is 0 Å². The van der Waals surface area contributed by atoms with Crippen LogP contribution in [-0.2, 0) is 11.3 Å². The van der Waals surface area contributed by atoms with Crippen LogP contribution in [0.3, 0.4) is 0 Å². The summed E-state index contributed by atoms with van der Waals surface area (Å²) in [6, 6.07) is 7.77. The van der Waals surface area contributed by atoms with Gasteiger partial charge in [-0.05, 0) is 48.8 Å². The Labute approximate surface area is 108 Å². The number of nitrogens with zero attached hydrogens (tertiary/aromatic N) is 1. The average Bonchev–Trinajstić information content (AvgIpc) is 2.95. The molecule has 1 aromatic rings. The van der Waals surface area contributed by atoms with Gasteiger partial charge in [-0.2, -0.15) is 0 Å². The Morgan fingerprint density at radius 2 is 2.06 bits per heavy atom. The van der Waals surface area contributed by atoms with Gasteiger partial charge in [0.05, 0.1) is 0 Å². The number of fused-ring (bicyclic) bond motifs is 1. The Balaban J connectivity index is 1.60. The van der Waals surface area contributed by atoms with E-state index < -0.39 is 0 Å². The van der Waals surface area contributed by atoms with Crippen molar-refractivity contribution in [2.24, 2.45) is 17.8 Å². The lowest BCUT2D eigenvalue weighted by molar-refractivity contribution is -0.134. The standard InChI is InChI=1S/C15H20N2O/c1-17(9-10-3-2-4-14(16)5-10)15(18)13-7-11-6-12(11)8-13/h2-5,11-13H,6-9,16H2,1H3. The molecule has 0 bridgehead atoms. The highest BCUT2D eigenvalue weighted by molar-refractivity contribution is 5.79. The van der Waals surface area contributed by atoms with E-state index in [1.807, 2.05) is 36.2 Å². The van der Waals surface area contributed by atoms with Gasteiger partial charge in [0.15, 0.2) is 0 Å². The van der Waals surface area contributed by atoms with E-state index in [4.69, 9.17) is 5.73 Å². The highest BCUT2D eigenvalue weighted by atomic mass is 16.2. The molecule has 2 saturated carbocycles. The van der Waals surface area contributed by atoms with Gasteiger partial charge in [-0.15, -0.1) is 0 Å². The summed E-state index contributed by atoms with van der Waals surface area (Å²) in [5.74, 6) is 2.31. The van der Waals surface area contributed by atoms with E-state index >= 15 is 0 Å². The SMILES string of the molecule is CN(Cc1cccc(N)c1)C(=O)C1CC2CC2C1. The third-order valence-corrected chi connectivity index (χ3v) is 4.34. The minimum atomic E-state index is 0.278. The molecular weight excluding hydrogens is 224 g/mol. The molecule has 18 heavy (non-hydrogen) atoms. The van der Waals surface area contributed by atoms with Crippen molar-refractivity contribution in [3.8, 4) is 0 Å². The first-order valence-electron chi connectivity index (χ1n) is 6.73. The van der Waals surface area contributed by atoms with Gasteiger partial charge in [-0.1, -0.05) is 12.1 Å². The number of anilines is 1. The summed E-state index contributed by atoms with van der Waals surface area (Å²) < 4.78 is 0. The smallest absolute Gasteiger partial charge is 0.225 e. The fourth-order valence-corrected chi connectivity index (χ4v) is 3.27. The minimum absolute atomic E-state index is 0.278. The molecule has 0 saturated heterocycles. The van der Waals surface area contributed by atoms with Crippen LogP contribution in [0.4, 0.5) is 5.69 Å². The van der Waals surface area contributed by atoms with Crippen molar-refractivity contribution in [3.05, 3.63) is 29.8 Å². The van der Waals surface area contributed by atoms with Crippen LogP contribution < -0.4 is 5.73 Å². The molecule has 1 aromatic carbocycles. The van der Waals surface area contributed by atoms with Gasteiger partial charge in [0.2, 0.25) is 5.91 Å². The van der Waals surface area contributed by atoms with Crippen molar-refractivity contribution >= 4 is 11.6 Å². The van der Waals surface area contributed by atoms with Gasteiger partial charge < -0.3 is 10.6 Å². The molecule has 2 N–H and O–H groups in total. The van der Waals surface area contributed by atoms with E-state index in [9.17, 15) is 4.79 Å². The molecule has 3 rings (SSSR count). The monoisotopic (exact) mass is 244 g/mol. The van der Waals surface area contributed by atoms with Gasteiger partial charge in [0, 0.05) is 25.2 Å². The lowest BCUT2D eigenvalue weighted by Crippen LogP contribution is -2.31. The molecule has 0 radical (unpaired) electrons. The van der Waals surface area contributed by atoms with E-state index in [0.29, 0.717) is 12.5 Å². The summed E-state index contributed by atoms with van der Waals surface area (Å²) in [5, 5.41) is 0. The third-order valence-electron chi connectivity index (χ3n) is 4.34. The Hall–Kier alpha value is -1.51. The fraction of sp³-hybridized carbons (Fsp3) is 0.533. The van der Waals surface area contributed by atoms with Crippen LogP contribution in [0, 0.1) is 17.8 Å². The maximum atomic E-state index is 12.3. The van der Waals surface area contributed by atoms with E-state index in [1.54, 1.807) is 0 Å². The fourth-order valence-electron chi connectivity index (χ4n) is 3.27. The van der Waals surface area contributed by atoms with Gasteiger partial charge in [-0.3, -0.25) is 4.79 Å². The number of hydrogen-bond donors (Lipinski definition) is 1. The normalized spacial score (nSPS) is 28.8. The molecule has 2 aliphatic rings. The van der Waals surface area contributed by atoms with Crippen LogP contribution in [-0.4, -0.2) is 17.9 Å². The molecule has 2 aliphatic carbocycles. The zero-order valence-electron chi connectivity index (χ0n) is 10.8. The number of carbonyl (C=O) groups excluding carboxylic acids is 1. The summed E-state index contributed by atoms with van der Waals surface area (Å²) in [5.41, 5.74) is 7.62. The van der Waals surface area contributed by atoms with E-state index in [0.717, 1.165) is 35.9 Å². The molecule has 3 nitrogen and oxygen atoms in total. The molecule has 0 spiro atoms. The second kappa shape index (κ2) is 4.30. The van der Waals surface area contributed by atoms with Crippen LogP contribution in [0.15, 0.2) is 24.3 Å². The minimum Gasteiger partial charge on any atom is -0.399 e. The van der Waals surface area contributed by atoms with Gasteiger partial charge in [-0.25, -0.2) is 0 Å². The first kappa shape index (κ1) is 11.6. The number of amides is 1. The number of rotatable bonds is 3. The van der Waals surface area contributed by atoms with Crippen molar-refractivity contribution in [3.63, 3.8) is 0 Å². The van der Waals surface area contributed by atoms with Crippen molar-refractivity contribution in [1.82, 2.24) is 4.90 Å². The first-order chi connectivity index (χ1) is 8.63. The van der Waals surface area contributed by atoms with Gasteiger partial charge >= 0.3 is 0 Å². The zero-order chi connectivity index (χ0) is 12.7. The van der Waals surface area contributed by atoms with Crippen molar-refractivity contribution in [2.45, 2.75) is 25.8 Å². The lowest BCUT2D eigenvalue weighted by Gasteiger charge is -2.22. The Bertz CT molecular complexity index is 461. The lowest BCUT2D eigenvalue weighted by atomic mass is 10.0. The number of carbonyl (C=O) groups is 1. The quantitative estimate of drug-likeness (QED) is 0.829. The number of hydrogen-bond acceptors (Lipinski definition) is 2. The number of nitrogens with two attached hydrogens (primary N) is 1. The Kier molecular flexibility index (Phi) is 2.77. The van der Waals surface area contributed by atoms with Crippen LogP contribution in [0.2, 0.25) is 0 Å². The largest absolute Gasteiger partial charge is 0.399 e. The van der Waals surface area contributed by atoms with E-state index in [-0.39, 0.29) is 5.92 Å². The summed E-state index contributed by atoms with van der Waals surface area (Å²) in [4.78, 5) is 14.1. The summed E-state index contributed by atoms with van der Waals surface area (Å²) in [7, 11) is 1.90. The molecular formula is C15H20N2O. The van der Waals surface area contributed by atoms with Gasteiger partial charge in [0.25, 0.3) is 0 Å². The predicted molar refractivity (Wildman–Crippen MR) is 71.6 cm³/mol. The summed E-state index contributed by atoms with van der Waals surface area (Å²) >= 11 is 0. The van der Waals surface area contributed by atoms with Crippen molar-refractivity contribution in [2.75, 3.05) is 12.8 Å². The molecule has 2 atom stereocenters.